The fourth-order valence-corrected chi connectivity index (χ4v) is 0.663. The Labute approximate surface area is 89.0 Å². The van der Waals surface area contributed by atoms with Crippen molar-refractivity contribution in [2.75, 3.05) is 0 Å². The standard InChI is InChI=1S/C8H10.Ce.O/c1-7-5-3-4-6-8(7)2;;/h3-6H,1-2H3;;. The van der Waals surface area contributed by atoms with Gasteiger partial charge in [0, 0.05) is 0 Å². The summed E-state index contributed by atoms with van der Waals surface area (Å²) in [4.78, 5) is 0. The zero-order valence-electron chi connectivity index (χ0n) is 6.22. The van der Waals surface area contributed by atoms with Gasteiger partial charge in [-0.2, -0.15) is 0 Å². The van der Waals surface area contributed by atoms with Gasteiger partial charge in [0.2, 0.25) is 0 Å². The van der Waals surface area contributed by atoms with Gasteiger partial charge in [0.25, 0.3) is 0 Å². The molecule has 0 aliphatic heterocycles. The second-order valence-corrected chi connectivity index (χ2v) is 2.08. The van der Waals surface area contributed by atoms with E-state index in [1.165, 1.54) is 11.1 Å². The molecule has 0 saturated heterocycles. The summed E-state index contributed by atoms with van der Waals surface area (Å²) in [5.41, 5.74) is 2.74. The maximum absolute atomic E-state index is 8.39. The molecule has 0 radical (unpaired) electrons. The van der Waals surface area contributed by atoms with Crippen LogP contribution in [-0.2, 0) is 0.938 Å². The Kier molecular flexibility index (Phi) is 6.37. The van der Waals surface area contributed by atoms with Crippen molar-refractivity contribution < 1.29 is 40.7 Å². The first-order chi connectivity index (χ1) is 4.80. The van der Waals surface area contributed by atoms with Crippen LogP contribution in [0, 0.1) is 53.6 Å². The second-order valence-electron chi connectivity index (χ2n) is 2.08. The summed E-state index contributed by atoms with van der Waals surface area (Å²) >= 11 is 0.0556. The average Bonchev–Trinajstić information content (AvgIpc) is 2.00. The molecule has 0 bridgehead atoms. The van der Waals surface area contributed by atoms with Crippen LogP contribution in [0.1, 0.15) is 11.1 Å². The SMILES string of the molecule is Cc1ccccc1C.[O]=[Ce]. The van der Waals surface area contributed by atoms with Gasteiger partial charge in [0.15, 0.2) is 0 Å². The fourth-order valence-electron chi connectivity index (χ4n) is 0.663. The first-order valence-corrected chi connectivity index (χ1v) is 4.31. The van der Waals surface area contributed by atoms with Crippen molar-refractivity contribution in [1.82, 2.24) is 0 Å². The van der Waals surface area contributed by atoms with E-state index in [0.717, 1.165) is 0 Å². The summed E-state index contributed by atoms with van der Waals surface area (Å²) in [5.74, 6) is 0. The second kappa shape index (κ2) is 6.13. The van der Waals surface area contributed by atoms with Gasteiger partial charge in [0.1, 0.15) is 0 Å². The molecule has 2 heteroatoms. The molecule has 10 heavy (non-hydrogen) atoms. The summed E-state index contributed by atoms with van der Waals surface area (Å²) in [6.07, 6.45) is 0. The topological polar surface area (TPSA) is 17.1 Å². The summed E-state index contributed by atoms with van der Waals surface area (Å²) < 4.78 is 8.39. The molecular formula is C8H10CeO. The van der Waals surface area contributed by atoms with Crippen LogP contribution in [0.25, 0.3) is 0 Å². The third-order valence-corrected chi connectivity index (χ3v) is 1.43. The molecule has 0 aliphatic rings. The average molecular weight is 262 g/mol. The molecule has 0 fully saturated rings. The Balaban J connectivity index is 0.000000371. The monoisotopic (exact) mass is 262 g/mol. The van der Waals surface area contributed by atoms with Gasteiger partial charge in [0.05, 0.1) is 0 Å². The predicted octanol–water partition coefficient (Wildman–Crippen LogP) is 2.18. The first-order valence-electron chi connectivity index (χ1n) is 3.03. The van der Waals surface area contributed by atoms with Crippen molar-refractivity contribution in [2.45, 2.75) is 13.8 Å². The van der Waals surface area contributed by atoms with Crippen molar-refractivity contribution in [3.8, 4) is 0 Å². The van der Waals surface area contributed by atoms with E-state index < -0.39 is 0 Å². The van der Waals surface area contributed by atoms with Gasteiger partial charge in [-0.1, -0.05) is 24.3 Å². The zero-order chi connectivity index (χ0) is 7.98. The number of hydrogen-bond donors (Lipinski definition) is 0. The molecule has 52 valence electrons. The van der Waals surface area contributed by atoms with Gasteiger partial charge in [-0.25, -0.2) is 0 Å². The Morgan fingerprint density at radius 2 is 1.30 bits per heavy atom. The van der Waals surface area contributed by atoms with E-state index in [1.54, 1.807) is 0 Å². The Bertz CT molecular complexity index is 177. The van der Waals surface area contributed by atoms with Gasteiger partial charge in [-0.05, 0) is 25.0 Å². The van der Waals surface area contributed by atoms with Crippen LogP contribution < -0.4 is 0 Å². The van der Waals surface area contributed by atoms with Gasteiger partial charge in [-0.15, -0.1) is 0 Å². The van der Waals surface area contributed by atoms with Crippen LogP contribution in [-0.4, -0.2) is 0 Å². The Morgan fingerprint density at radius 3 is 1.50 bits per heavy atom. The number of aryl methyl sites for hydroxylation is 2. The third kappa shape index (κ3) is 3.54. The molecule has 1 aromatic carbocycles. The quantitative estimate of drug-likeness (QED) is 0.700. The molecule has 0 atom stereocenters. The van der Waals surface area contributed by atoms with Crippen LogP contribution in [0.5, 0.6) is 0 Å². The van der Waals surface area contributed by atoms with Crippen LogP contribution in [0.2, 0.25) is 0 Å². The van der Waals surface area contributed by atoms with E-state index in [9.17, 15) is 0 Å². The van der Waals surface area contributed by atoms with E-state index in [1.807, 2.05) is 0 Å². The molecule has 1 nitrogen and oxygen atoms in total. The summed E-state index contributed by atoms with van der Waals surface area (Å²) in [6, 6.07) is 8.36. The van der Waals surface area contributed by atoms with E-state index in [4.69, 9.17) is 0.938 Å². The van der Waals surface area contributed by atoms with E-state index in [0.29, 0.717) is 0 Å². The molecule has 1 aromatic rings. The number of rotatable bonds is 0. The molecule has 0 aromatic heterocycles. The molecule has 0 saturated carbocycles. The van der Waals surface area contributed by atoms with Crippen LogP contribution in [0.15, 0.2) is 24.3 Å². The van der Waals surface area contributed by atoms with Crippen LogP contribution in [0.3, 0.4) is 0 Å². The van der Waals surface area contributed by atoms with Crippen molar-refractivity contribution in [3.05, 3.63) is 35.4 Å². The molecule has 0 aliphatic carbocycles. The van der Waals surface area contributed by atoms with Crippen LogP contribution >= 0.6 is 0 Å². The molecule has 0 unspecified atom stereocenters. The fraction of sp³-hybridized carbons (Fsp3) is 0.250. The van der Waals surface area contributed by atoms with E-state index in [2.05, 4.69) is 38.1 Å². The third-order valence-electron chi connectivity index (χ3n) is 1.43. The number of benzene rings is 1. The van der Waals surface area contributed by atoms with Crippen molar-refractivity contribution >= 4 is 0 Å². The predicted molar refractivity (Wildman–Crippen MR) is 36.6 cm³/mol. The molecule has 0 amide bonds. The van der Waals surface area contributed by atoms with Crippen LogP contribution in [0.4, 0.5) is 0 Å². The van der Waals surface area contributed by atoms with Crippen molar-refractivity contribution in [3.63, 3.8) is 0 Å². The molecule has 0 spiro atoms. The number of hydrogen-bond acceptors (Lipinski definition) is 1. The Hall–Kier alpha value is 0.397. The minimum atomic E-state index is 0.0556. The van der Waals surface area contributed by atoms with Gasteiger partial charge in [-0.3, -0.25) is 0 Å². The van der Waals surface area contributed by atoms with E-state index in [-0.39, 0.29) is 39.8 Å². The normalized spacial score (nSPS) is 7.70. The first kappa shape index (κ1) is 10.4. The van der Waals surface area contributed by atoms with E-state index >= 15 is 0 Å². The summed E-state index contributed by atoms with van der Waals surface area (Å²) in [6.45, 7) is 4.24. The van der Waals surface area contributed by atoms with Crippen molar-refractivity contribution in [1.29, 1.82) is 0 Å². The maximum atomic E-state index is 8.39. The molecule has 0 N–H and O–H groups in total. The van der Waals surface area contributed by atoms with Crippen molar-refractivity contribution in [2.24, 2.45) is 0 Å². The zero-order valence-corrected chi connectivity index (χ0v) is 9.36. The van der Waals surface area contributed by atoms with Gasteiger partial charge >= 0.3 is 40.7 Å². The van der Waals surface area contributed by atoms with Gasteiger partial charge < -0.3 is 0 Å². The molecule has 0 heterocycles. The molecular weight excluding hydrogens is 252 g/mol. The summed E-state index contributed by atoms with van der Waals surface area (Å²) in [5, 5.41) is 0. The summed E-state index contributed by atoms with van der Waals surface area (Å²) in [7, 11) is 0. The molecule has 1 rings (SSSR count). The Morgan fingerprint density at radius 1 is 1.00 bits per heavy atom. The minimum absolute atomic E-state index is 0.0556.